The van der Waals surface area contributed by atoms with E-state index in [2.05, 4.69) is 24.9 Å². The highest BCUT2D eigenvalue weighted by atomic mass is 32.2. The molecule has 1 N–H and O–H groups in total. The molecule has 1 aromatic carbocycles. The molecule has 0 saturated carbocycles. The lowest BCUT2D eigenvalue weighted by Crippen LogP contribution is -2.35. The quantitative estimate of drug-likeness (QED) is 0.380. The number of methoxy groups -OCH3 is 2. The lowest BCUT2D eigenvalue weighted by atomic mass is 10.2. The van der Waals surface area contributed by atoms with Crippen molar-refractivity contribution in [2.75, 3.05) is 25.5 Å². The number of hydrogen-bond acceptors (Lipinski definition) is 10. The molecule has 0 aliphatic carbocycles. The van der Waals surface area contributed by atoms with Crippen molar-refractivity contribution in [1.82, 2.24) is 24.7 Å². The van der Waals surface area contributed by atoms with Crippen LogP contribution in [0.5, 0.6) is 11.5 Å². The number of aromatic nitrogens is 5. The van der Waals surface area contributed by atoms with Gasteiger partial charge in [0.15, 0.2) is 11.6 Å². The van der Waals surface area contributed by atoms with Crippen LogP contribution in [0, 0.1) is 6.92 Å². The molecule has 3 aromatic rings. The van der Waals surface area contributed by atoms with Crippen molar-refractivity contribution in [3.05, 3.63) is 47.8 Å². The second-order valence-electron chi connectivity index (χ2n) is 9.31. The number of ether oxygens (including phenoxy) is 4. The Hall–Kier alpha value is -3.29. The summed E-state index contributed by atoms with van der Waals surface area (Å²) in [4.78, 5) is 8.66. The normalized spacial score (nSPS) is 17.4. The zero-order valence-corrected chi connectivity index (χ0v) is 23.2. The van der Waals surface area contributed by atoms with E-state index < -0.39 is 21.4 Å². The van der Waals surface area contributed by atoms with Crippen LogP contribution in [0.25, 0.3) is 5.69 Å². The maximum Gasteiger partial charge on any atom is 0.243 e. The molecule has 0 spiro atoms. The average Bonchev–Trinajstić information content (AvgIpc) is 3.56. The van der Waals surface area contributed by atoms with E-state index in [0.717, 1.165) is 12.0 Å². The van der Waals surface area contributed by atoms with Crippen molar-refractivity contribution in [1.29, 1.82) is 0 Å². The predicted molar refractivity (Wildman–Crippen MR) is 140 cm³/mol. The van der Waals surface area contributed by atoms with E-state index in [4.69, 9.17) is 18.9 Å². The fourth-order valence-corrected chi connectivity index (χ4v) is 5.32. The molecule has 0 radical (unpaired) electrons. The second kappa shape index (κ2) is 11.6. The number of aryl methyl sites for hydroxylation is 1. The Morgan fingerprint density at radius 1 is 1.08 bits per heavy atom. The fraction of sp³-hybridized carbons (Fsp3) is 0.520. The van der Waals surface area contributed by atoms with Crippen molar-refractivity contribution in [3.63, 3.8) is 0 Å². The minimum absolute atomic E-state index is 0.0294. The summed E-state index contributed by atoms with van der Waals surface area (Å²) >= 11 is 0. The third-order valence-electron chi connectivity index (χ3n) is 6.15. The van der Waals surface area contributed by atoms with Crippen molar-refractivity contribution in [2.24, 2.45) is 0 Å². The van der Waals surface area contributed by atoms with Crippen LogP contribution in [0.4, 0.5) is 5.95 Å². The van der Waals surface area contributed by atoms with Gasteiger partial charge in [0.1, 0.15) is 34.6 Å². The summed E-state index contributed by atoms with van der Waals surface area (Å²) < 4.78 is 54.8. The van der Waals surface area contributed by atoms with E-state index >= 15 is 0 Å². The highest BCUT2D eigenvalue weighted by Crippen LogP contribution is 2.39. The standard InChI is InChI=1S/C25H34N6O6S/c1-15(2)37-22(23-26-13-16(3)14-27-23)17(4)38(32,33)30-25-29-28-24(20-11-8-12-36-20)31(25)21-18(34-5)9-7-10-19(21)35-6/h7,9-10,13-15,17,20,22H,8,11-12H2,1-6H3,(H,29,30)/t17?,20-,22?/m1/s1. The lowest BCUT2D eigenvalue weighted by Gasteiger charge is -2.25. The van der Waals surface area contributed by atoms with E-state index in [1.165, 1.54) is 14.2 Å². The number of nitrogens with one attached hydrogen (secondary N) is 1. The number of anilines is 1. The number of benzene rings is 1. The Labute approximate surface area is 222 Å². The monoisotopic (exact) mass is 546 g/mol. The van der Waals surface area contributed by atoms with Gasteiger partial charge in [0, 0.05) is 19.0 Å². The van der Waals surface area contributed by atoms with Crippen LogP contribution >= 0.6 is 0 Å². The van der Waals surface area contributed by atoms with Gasteiger partial charge in [0.2, 0.25) is 16.0 Å². The first kappa shape index (κ1) is 27.7. The van der Waals surface area contributed by atoms with Crippen LogP contribution in [0.3, 0.4) is 0 Å². The van der Waals surface area contributed by atoms with Crippen LogP contribution in [0.1, 0.15) is 63.0 Å². The number of rotatable bonds is 11. The highest BCUT2D eigenvalue weighted by Gasteiger charge is 2.37. The molecule has 1 aliphatic heterocycles. The number of para-hydroxylation sites is 1. The Kier molecular flexibility index (Phi) is 8.48. The van der Waals surface area contributed by atoms with Crippen LogP contribution < -0.4 is 14.2 Å². The summed E-state index contributed by atoms with van der Waals surface area (Å²) in [6, 6.07) is 5.27. The largest absolute Gasteiger partial charge is 0.494 e. The molecule has 1 fully saturated rings. The Morgan fingerprint density at radius 2 is 1.74 bits per heavy atom. The second-order valence-corrected chi connectivity index (χ2v) is 11.3. The zero-order chi connectivity index (χ0) is 27.4. The smallest absolute Gasteiger partial charge is 0.243 e. The molecule has 1 saturated heterocycles. The van der Waals surface area contributed by atoms with Crippen molar-refractivity contribution in [3.8, 4) is 17.2 Å². The Balaban J connectivity index is 1.78. The molecule has 2 aromatic heterocycles. The van der Waals surface area contributed by atoms with Gasteiger partial charge in [-0.15, -0.1) is 10.2 Å². The molecule has 12 nitrogen and oxygen atoms in total. The molecule has 3 heterocycles. The van der Waals surface area contributed by atoms with Gasteiger partial charge in [-0.05, 0) is 58.2 Å². The maximum atomic E-state index is 13.8. The van der Waals surface area contributed by atoms with Crippen LogP contribution in [-0.4, -0.2) is 65.3 Å². The van der Waals surface area contributed by atoms with Crippen molar-refractivity contribution < 1.29 is 27.4 Å². The fourth-order valence-electron chi connectivity index (χ4n) is 4.23. The third kappa shape index (κ3) is 5.74. The Bertz CT molecular complexity index is 1320. The molecule has 0 bridgehead atoms. The summed E-state index contributed by atoms with van der Waals surface area (Å²) in [6.07, 6.45) is 3.26. The first-order valence-corrected chi connectivity index (χ1v) is 13.9. The number of nitrogens with zero attached hydrogens (tertiary/aromatic N) is 5. The molecule has 2 unspecified atom stereocenters. The number of hydrogen-bond donors (Lipinski definition) is 1. The van der Waals surface area contributed by atoms with E-state index in [0.29, 0.717) is 36.0 Å². The van der Waals surface area contributed by atoms with E-state index in [9.17, 15) is 8.42 Å². The molecule has 38 heavy (non-hydrogen) atoms. The van der Waals surface area contributed by atoms with Gasteiger partial charge < -0.3 is 18.9 Å². The van der Waals surface area contributed by atoms with Crippen LogP contribution in [-0.2, 0) is 19.5 Å². The first-order valence-electron chi connectivity index (χ1n) is 12.4. The van der Waals surface area contributed by atoms with Gasteiger partial charge in [-0.3, -0.25) is 9.29 Å². The summed E-state index contributed by atoms with van der Waals surface area (Å²) in [7, 11) is -1.05. The topological polar surface area (TPSA) is 140 Å². The van der Waals surface area contributed by atoms with Gasteiger partial charge >= 0.3 is 0 Å². The molecular formula is C25H34N6O6S. The summed E-state index contributed by atoms with van der Waals surface area (Å²) in [5.41, 5.74) is 1.31. The van der Waals surface area contributed by atoms with E-state index in [1.807, 2.05) is 20.8 Å². The van der Waals surface area contributed by atoms with Gasteiger partial charge in [-0.2, -0.15) is 0 Å². The SMILES string of the molecule is COc1cccc(OC)c1-n1c(NS(=O)(=O)C(C)C(OC(C)C)c2ncc(C)cn2)nnc1[C@H]1CCCO1. The molecule has 3 atom stereocenters. The van der Waals surface area contributed by atoms with E-state index in [1.54, 1.807) is 42.1 Å². The van der Waals surface area contributed by atoms with Crippen molar-refractivity contribution in [2.45, 2.75) is 64.1 Å². The summed E-state index contributed by atoms with van der Waals surface area (Å²) in [5, 5.41) is 7.46. The van der Waals surface area contributed by atoms with Crippen LogP contribution in [0.2, 0.25) is 0 Å². The van der Waals surface area contributed by atoms with Gasteiger partial charge in [-0.1, -0.05) is 6.07 Å². The minimum Gasteiger partial charge on any atom is -0.494 e. The zero-order valence-electron chi connectivity index (χ0n) is 22.4. The van der Waals surface area contributed by atoms with Gasteiger partial charge in [0.05, 0.1) is 20.3 Å². The molecule has 13 heteroatoms. The lowest BCUT2D eigenvalue weighted by molar-refractivity contribution is 0.00152. The van der Waals surface area contributed by atoms with Gasteiger partial charge in [-0.25, -0.2) is 18.4 Å². The third-order valence-corrected chi connectivity index (χ3v) is 7.85. The predicted octanol–water partition coefficient (Wildman–Crippen LogP) is 3.53. The van der Waals surface area contributed by atoms with Gasteiger partial charge in [0.25, 0.3) is 0 Å². The first-order chi connectivity index (χ1) is 18.2. The van der Waals surface area contributed by atoms with Crippen molar-refractivity contribution >= 4 is 16.0 Å². The number of sulfonamides is 1. The maximum absolute atomic E-state index is 13.8. The van der Waals surface area contributed by atoms with E-state index in [-0.39, 0.29) is 24.0 Å². The summed E-state index contributed by atoms with van der Waals surface area (Å²) in [5.74, 6) is 1.58. The average molecular weight is 547 g/mol. The van der Waals surface area contributed by atoms with Crippen LogP contribution in [0.15, 0.2) is 30.6 Å². The molecule has 4 rings (SSSR count). The minimum atomic E-state index is -4.10. The summed E-state index contributed by atoms with van der Waals surface area (Å²) in [6.45, 7) is 7.63. The highest BCUT2D eigenvalue weighted by molar-refractivity contribution is 7.93. The molecular weight excluding hydrogens is 512 g/mol. The molecule has 1 aliphatic rings. The molecule has 0 amide bonds. The Morgan fingerprint density at radius 3 is 2.29 bits per heavy atom. The molecule has 206 valence electrons.